The van der Waals surface area contributed by atoms with Crippen molar-refractivity contribution in [2.45, 2.75) is 26.3 Å². The third-order valence-electron chi connectivity index (χ3n) is 3.66. The van der Waals surface area contributed by atoms with Gasteiger partial charge in [-0.2, -0.15) is 5.10 Å². The van der Waals surface area contributed by atoms with Crippen LogP contribution in [0.1, 0.15) is 30.3 Å². The van der Waals surface area contributed by atoms with Crippen LogP contribution in [-0.4, -0.2) is 42.4 Å². The Morgan fingerprint density at radius 1 is 1.68 bits per heavy atom. The molecule has 1 N–H and O–H groups in total. The van der Waals surface area contributed by atoms with Crippen molar-refractivity contribution in [2.24, 2.45) is 5.41 Å². The van der Waals surface area contributed by atoms with Gasteiger partial charge in [-0.1, -0.05) is 6.92 Å². The van der Waals surface area contributed by atoms with Crippen LogP contribution in [0.3, 0.4) is 0 Å². The second kappa shape index (κ2) is 6.15. The van der Waals surface area contributed by atoms with E-state index in [1.165, 1.54) is 0 Å². The van der Waals surface area contributed by atoms with E-state index in [-0.39, 0.29) is 11.2 Å². The topological polar surface area (TPSA) is 56.2 Å². The highest BCUT2D eigenvalue weighted by Gasteiger charge is 2.37. The number of aromatic nitrogens is 2. The van der Waals surface area contributed by atoms with Crippen LogP contribution in [0.15, 0.2) is 10.7 Å². The van der Waals surface area contributed by atoms with Gasteiger partial charge in [-0.3, -0.25) is 9.48 Å². The summed E-state index contributed by atoms with van der Waals surface area (Å²) in [5.74, 6) is 0.153. The predicted molar refractivity (Wildman–Crippen MR) is 76.3 cm³/mol. The van der Waals surface area contributed by atoms with Crippen LogP contribution < -0.4 is 5.32 Å². The Morgan fingerprint density at radius 3 is 3.11 bits per heavy atom. The number of carbonyl (C=O) groups excluding carboxylic acids is 1. The fourth-order valence-corrected chi connectivity index (χ4v) is 2.95. The minimum absolute atomic E-state index is 0.153. The number of halogens is 1. The molecule has 6 heteroatoms. The maximum absolute atomic E-state index is 12.8. The number of carbonyl (C=O) groups is 1. The van der Waals surface area contributed by atoms with Gasteiger partial charge < -0.3 is 10.1 Å². The second-order valence-corrected chi connectivity index (χ2v) is 6.08. The molecule has 1 atom stereocenters. The molecule has 1 unspecified atom stereocenters. The van der Waals surface area contributed by atoms with Crippen molar-refractivity contribution in [2.75, 3.05) is 26.8 Å². The number of hydrogen-bond donors (Lipinski definition) is 1. The predicted octanol–water partition coefficient (Wildman–Crippen LogP) is 1.86. The molecule has 0 aliphatic carbocycles. The molecule has 2 rings (SSSR count). The lowest BCUT2D eigenvalue weighted by Crippen LogP contribution is -2.44. The molecule has 0 saturated carbocycles. The Labute approximate surface area is 121 Å². The SMILES string of the molecule is COCCn1ncc(Br)c1C(=O)C1(C)CCCNC1. The Bertz CT molecular complexity index is 453. The van der Waals surface area contributed by atoms with Crippen LogP contribution in [-0.2, 0) is 11.3 Å². The highest BCUT2D eigenvalue weighted by Crippen LogP contribution is 2.32. The molecule has 0 aromatic carbocycles. The molecule has 1 saturated heterocycles. The van der Waals surface area contributed by atoms with E-state index in [2.05, 4.69) is 26.3 Å². The smallest absolute Gasteiger partial charge is 0.189 e. The molecule has 5 nitrogen and oxygen atoms in total. The largest absolute Gasteiger partial charge is 0.383 e. The van der Waals surface area contributed by atoms with Gasteiger partial charge in [0.25, 0.3) is 0 Å². The lowest BCUT2D eigenvalue weighted by Gasteiger charge is -2.32. The van der Waals surface area contributed by atoms with Crippen molar-refractivity contribution in [1.29, 1.82) is 0 Å². The Balaban J connectivity index is 2.24. The van der Waals surface area contributed by atoms with E-state index in [0.717, 1.165) is 30.4 Å². The van der Waals surface area contributed by atoms with Crippen LogP contribution in [0.5, 0.6) is 0 Å². The molecule has 19 heavy (non-hydrogen) atoms. The summed E-state index contributed by atoms with van der Waals surface area (Å²) in [6, 6.07) is 0. The van der Waals surface area contributed by atoms with Gasteiger partial charge in [0.1, 0.15) is 5.69 Å². The molecule has 1 aromatic rings. The van der Waals surface area contributed by atoms with E-state index in [9.17, 15) is 4.79 Å². The van der Waals surface area contributed by atoms with Crippen molar-refractivity contribution in [1.82, 2.24) is 15.1 Å². The first-order chi connectivity index (χ1) is 9.08. The minimum Gasteiger partial charge on any atom is -0.383 e. The number of methoxy groups -OCH3 is 1. The van der Waals surface area contributed by atoms with Crippen LogP contribution in [0, 0.1) is 5.41 Å². The standard InChI is InChI=1S/C13H20BrN3O2/c1-13(4-3-5-15-9-13)12(18)11-10(14)8-16-17(11)6-7-19-2/h8,15H,3-7,9H2,1-2H3. The lowest BCUT2D eigenvalue weighted by atomic mass is 9.78. The van der Waals surface area contributed by atoms with Crippen molar-refractivity contribution in [3.63, 3.8) is 0 Å². The molecule has 1 fully saturated rings. The summed E-state index contributed by atoms with van der Waals surface area (Å²) in [5.41, 5.74) is 0.314. The summed E-state index contributed by atoms with van der Waals surface area (Å²) in [7, 11) is 1.65. The summed E-state index contributed by atoms with van der Waals surface area (Å²) in [5, 5.41) is 7.56. The summed E-state index contributed by atoms with van der Waals surface area (Å²) in [6.45, 7) is 4.89. The molecule has 0 bridgehead atoms. The maximum Gasteiger partial charge on any atom is 0.189 e. The lowest BCUT2D eigenvalue weighted by molar-refractivity contribution is 0.0756. The zero-order chi connectivity index (χ0) is 13.9. The van der Waals surface area contributed by atoms with E-state index in [4.69, 9.17) is 4.74 Å². The summed E-state index contributed by atoms with van der Waals surface area (Å²) in [4.78, 5) is 12.8. The van der Waals surface area contributed by atoms with Crippen LogP contribution >= 0.6 is 15.9 Å². The van der Waals surface area contributed by atoms with Gasteiger partial charge in [0.2, 0.25) is 0 Å². The molecule has 0 spiro atoms. The van der Waals surface area contributed by atoms with Crippen LogP contribution in [0.25, 0.3) is 0 Å². The monoisotopic (exact) mass is 329 g/mol. The number of hydrogen-bond acceptors (Lipinski definition) is 4. The van der Waals surface area contributed by atoms with E-state index < -0.39 is 0 Å². The quantitative estimate of drug-likeness (QED) is 0.838. The number of ketones is 1. The van der Waals surface area contributed by atoms with Gasteiger partial charge in [0.05, 0.1) is 23.8 Å². The van der Waals surface area contributed by atoms with Crippen molar-refractivity contribution in [3.05, 3.63) is 16.4 Å². The van der Waals surface area contributed by atoms with Gasteiger partial charge in [-0.25, -0.2) is 0 Å². The van der Waals surface area contributed by atoms with Crippen molar-refractivity contribution >= 4 is 21.7 Å². The maximum atomic E-state index is 12.8. The van der Waals surface area contributed by atoms with Gasteiger partial charge in [0.15, 0.2) is 5.78 Å². The highest BCUT2D eigenvalue weighted by atomic mass is 79.9. The number of ether oxygens (including phenoxy) is 1. The van der Waals surface area contributed by atoms with Crippen molar-refractivity contribution in [3.8, 4) is 0 Å². The van der Waals surface area contributed by atoms with E-state index in [0.29, 0.717) is 18.8 Å². The number of nitrogens with zero attached hydrogens (tertiary/aromatic N) is 2. The zero-order valence-electron chi connectivity index (χ0n) is 11.4. The number of Topliss-reactive ketones (excluding diaryl/α,β-unsaturated/α-hetero) is 1. The average molecular weight is 330 g/mol. The summed E-state index contributed by atoms with van der Waals surface area (Å²) in [6.07, 6.45) is 3.63. The molecule has 0 amide bonds. The van der Waals surface area contributed by atoms with Gasteiger partial charge >= 0.3 is 0 Å². The molecule has 0 radical (unpaired) electrons. The number of nitrogens with one attached hydrogen (secondary N) is 1. The first-order valence-corrected chi connectivity index (χ1v) is 7.33. The first-order valence-electron chi connectivity index (χ1n) is 6.54. The average Bonchev–Trinajstić information content (AvgIpc) is 2.77. The molecular weight excluding hydrogens is 310 g/mol. The zero-order valence-corrected chi connectivity index (χ0v) is 13.0. The van der Waals surface area contributed by atoms with Crippen LogP contribution in [0.2, 0.25) is 0 Å². The number of piperidine rings is 1. The van der Waals surface area contributed by atoms with Crippen molar-refractivity contribution < 1.29 is 9.53 Å². The van der Waals surface area contributed by atoms with Gasteiger partial charge in [-0.05, 0) is 35.3 Å². The van der Waals surface area contributed by atoms with Gasteiger partial charge in [0, 0.05) is 19.1 Å². The molecule has 106 valence electrons. The summed E-state index contributed by atoms with van der Waals surface area (Å²) >= 11 is 3.44. The van der Waals surface area contributed by atoms with Crippen LogP contribution in [0.4, 0.5) is 0 Å². The fourth-order valence-electron chi connectivity index (χ4n) is 2.47. The Kier molecular flexibility index (Phi) is 4.76. The second-order valence-electron chi connectivity index (χ2n) is 5.23. The molecule has 1 aromatic heterocycles. The third-order valence-corrected chi connectivity index (χ3v) is 4.24. The van der Waals surface area contributed by atoms with Gasteiger partial charge in [-0.15, -0.1) is 0 Å². The van der Waals surface area contributed by atoms with E-state index >= 15 is 0 Å². The first kappa shape index (κ1) is 14.7. The normalized spacial score (nSPS) is 23.5. The van der Waals surface area contributed by atoms with E-state index in [1.54, 1.807) is 18.0 Å². The molecule has 2 heterocycles. The Morgan fingerprint density at radius 2 is 2.47 bits per heavy atom. The number of rotatable bonds is 5. The molecule has 1 aliphatic heterocycles. The van der Waals surface area contributed by atoms with E-state index in [1.807, 2.05) is 6.92 Å². The summed E-state index contributed by atoms with van der Waals surface area (Å²) < 4.78 is 7.56. The fraction of sp³-hybridized carbons (Fsp3) is 0.692. The third kappa shape index (κ3) is 3.07. The molecule has 1 aliphatic rings. The Hall–Kier alpha value is -0.720. The molecular formula is C13H20BrN3O2. The minimum atomic E-state index is -0.342. The highest BCUT2D eigenvalue weighted by molar-refractivity contribution is 9.10.